The molecule has 6 nitrogen and oxygen atoms in total. The average molecular weight is 510 g/mol. The van der Waals surface area contributed by atoms with Gasteiger partial charge in [0.1, 0.15) is 6.54 Å². The summed E-state index contributed by atoms with van der Waals surface area (Å²) in [6.07, 6.45) is 3.83. The number of thioether (sulfide) groups is 1. The van der Waals surface area contributed by atoms with Crippen LogP contribution in [0.5, 0.6) is 0 Å². The zero-order valence-corrected chi connectivity index (χ0v) is 21.5. The molecule has 1 aromatic heterocycles. The van der Waals surface area contributed by atoms with Crippen molar-refractivity contribution in [3.8, 4) is 0 Å². The van der Waals surface area contributed by atoms with Gasteiger partial charge < -0.3 is 19.9 Å². The summed E-state index contributed by atoms with van der Waals surface area (Å²) in [7, 11) is 0. The molecule has 0 radical (unpaired) electrons. The Bertz CT molecular complexity index is 1070. The van der Waals surface area contributed by atoms with Crippen LogP contribution >= 0.6 is 23.1 Å². The van der Waals surface area contributed by atoms with Gasteiger partial charge in [-0.15, -0.1) is 23.1 Å². The first kappa shape index (κ1) is 25.3. The monoisotopic (exact) mass is 509 g/mol. The van der Waals surface area contributed by atoms with Gasteiger partial charge in [0.25, 0.3) is 0 Å². The molecule has 1 unspecified atom stereocenters. The van der Waals surface area contributed by atoms with Gasteiger partial charge in [-0.05, 0) is 60.4 Å². The van der Waals surface area contributed by atoms with Gasteiger partial charge >= 0.3 is 6.03 Å². The number of amides is 3. The van der Waals surface area contributed by atoms with Gasteiger partial charge in [0.2, 0.25) is 5.91 Å². The number of urea groups is 1. The largest absolute Gasteiger partial charge is 0.376 e. The van der Waals surface area contributed by atoms with Crippen molar-refractivity contribution in [2.75, 3.05) is 31.3 Å². The van der Waals surface area contributed by atoms with Crippen molar-refractivity contribution in [3.63, 3.8) is 0 Å². The molecule has 35 heavy (non-hydrogen) atoms. The number of hydrogen-bond acceptors (Lipinski definition) is 5. The molecule has 3 amide bonds. The van der Waals surface area contributed by atoms with Crippen molar-refractivity contribution in [1.82, 2.24) is 9.80 Å². The van der Waals surface area contributed by atoms with Gasteiger partial charge in [0.05, 0.1) is 12.6 Å². The Morgan fingerprint density at radius 3 is 2.49 bits per heavy atom. The third-order valence-electron chi connectivity index (χ3n) is 5.90. The molecule has 3 aromatic rings. The van der Waals surface area contributed by atoms with E-state index in [1.165, 1.54) is 0 Å². The number of nitrogens with one attached hydrogen (secondary N) is 1. The molecular weight excluding hydrogens is 478 g/mol. The molecular formula is C27H31N3O3S2. The Kier molecular flexibility index (Phi) is 9.22. The first-order valence-electron chi connectivity index (χ1n) is 11.8. The number of ether oxygens (including phenoxy) is 1. The predicted molar refractivity (Wildman–Crippen MR) is 143 cm³/mol. The zero-order valence-electron chi connectivity index (χ0n) is 19.9. The molecule has 4 rings (SSSR count). The highest BCUT2D eigenvalue weighted by Crippen LogP contribution is 2.20. The summed E-state index contributed by atoms with van der Waals surface area (Å²) in [6.45, 7) is 2.08. The van der Waals surface area contributed by atoms with E-state index in [0.29, 0.717) is 31.9 Å². The maximum absolute atomic E-state index is 13.6. The van der Waals surface area contributed by atoms with Crippen LogP contribution in [-0.2, 0) is 22.6 Å². The minimum Gasteiger partial charge on any atom is -0.376 e. The summed E-state index contributed by atoms with van der Waals surface area (Å²) in [6, 6.07) is 21.4. The molecule has 184 valence electrons. The van der Waals surface area contributed by atoms with Crippen LogP contribution in [0.3, 0.4) is 0 Å². The molecule has 8 heteroatoms. The van der Waals surface area contributed by atoms with Gasteiger partial charge in [0.15, 0.2) is 0 Å². The Morgan fingerprint density at radius 1 is 1.03 bits per heavy atom. The number of anilines is 1. The van der Waals surface area contributed by atoms with Crippen LogP contribution in [0.1, 0.15) is 23.3 Å². The number of rotatable bonds is 10. The summed E-state index contributed by atoms with van der Waals surface area (Å²) in [5, 5.41) is 4.97. The van der Waals surface area contributed by atoms with Crippen LogP contribution < -0.4 is 5.32 Å². The van der Waals surface area contributed by atoms with Crippen LogP contribution in [-0.4, -0.2) is 53.8 Å². The Morgan fingerprint density at radius 2 is 1.83 bits per heavy atom. The van der Waals surface area contributed by atoms with Gasteiger partial charge in [-0.3, -0.25) is 4.79 Å². The number of hydrogen-bond donors (Lipinski definition) is 1. The first-order valence-corrected chi connectivity index (χ1v) is 13.9. The second-order valence-electron chi connectivity index (χ2n) is 8.49. The molecule has 1 saturated heterocycles. The van der Waals surface area contributed by atoms with E-state index in [1.54, 1.807) is 28.0 Å². The quantitative estimate of drug-likeness (QED) is 0.356. The van der Waals surface area contributed by atoms with Crippen LogP contribution in [0.4, 0.5) is 10.5 Å². The van der Waals surface area contributed by atoms with Crippen molar-refractivity contribution in [3.05, 3.63) is 82.6 Å². The van der Waals surface area contributed by atoms with Crippen LogP contribution in [0.2, 0.25) is 0 Å². The average Bonchev–Trinajstić information content (AvgIpc) is 3.59. The number of benzene rings is 2. The van der Waals surface area contributed by atoms with Crippen molar-refractivity contribution < 1.29 is 14.3 Å². The van der Waals surface area contributed by atoms with E-state index in [2.05, 4.69) is 5.32 Å². The van der Waals surface area contributed by atoms with E-state index in [-0.39, 0.29) is 24.6 Å². The number of carbonyl (C=O) groups is 2. The van der Waals surface area contributed by atoms with Crippen molar-refractivity contribution in [2.45, 2.75) is 36.9 Å². The molecule has 1 aliphatic heterocycles. The molecule has 1 fully saturated rings. The topological polar surface area (TPSA) is 61.9 Å². The minimum atomic E-state index is -0.290. The normalized spacial score (nSPS) is 15.1. The molecule has 1 aliphatic rings. The first-order chi connectivity index (χ1) is 17.1. The SMILES string of the molecule is CSc1ccc(NC(=O)N(CC(=O)N(Cc2ccccc2)Cc2cccs2)CC2CCCO2)cc1. The molecule has 1 N–H and O–H groups in total. The highest BCUT2D eigenvalue weighted by molar-refractivity contribution is 7.98. The fraction of sp³-hybridized carbons (Fsp3) is 0.333. The smallest absolute Gasteiger partial charge is 0.322 e. The molecule has 2 aromatic carbocycles. The maximum Gasteiger partial charge on any atom is 0.322 e. The molecule has 1 atom stereocenters. The van der Waals surface area contributed by atoms with Crippen molar-refractivity contribution in [1.29, 1.82) is 0 Å². The van der Waals surface area contributed by atoms with Crippen molar-refractivity contribution >= 4 is 40.7 Å². The molecule has 0 bridgehead atoms. The standard InChI is InChI=1S/C27H31N3O3S2/c1-34-24-13-11-22(12-14-24)28-27(32)30(18-23-9-5-15-33-23)20-26(31)29(19-25-10-6-16-35-25)17-21-7-3-2-4-8-21/h2-4,6-8,10-14,16,23H,5,9,15,17-20H2,1H3,(H,28,32). The second-order valence-corrected chi connectivity index (χ2v) is 10.4. The van der Waals surface area contributed by atoms with Gasteiger partial charge in [-0.25, -0.2) is 4.79 Å². The second kappa shape index (κ2) is 12.8. The summed E-state index contributed by atoms with van der Waals surface area (Å²) >= 11 is 3.28. The number of carbonyl (C=O) groups excluding carboxylic acids is 2. The van der Waals surface area contributed by atoms with Gasteiger partial charge in [0, 0.05) is 35.2 Å². The fourth-order valence-electron chi connectivity index (χ4n) is 4.02. The summed E-state index contributed by atoms with van der Waals surface area (Å²) in [4.78, 5) is 32.5. The van der Waals surface area contributed by atoms with E-state index in [0.717, 1.165) is 28.2 Å². The van der Waals surface area contributed by atoms with Gasteiger partial charge in [-0.1, -0.05) is 36.4 Å². The fourth-order valence-corrected chi connectivity index (χ4v) is 5.15. The maximum atomic E-state index is 13.6. The lowest BCUT2D eigenvalue weighted by Crippen LogP contribution is -2.46. The molecule has 0 saturated carbocycles. The third kappa shape index (κ3) is 7.59. The highest BCUT2D eigenvalue weighted by atomic mass is 32.2. The van der Waals surface area contributed by atoms with Crippen LogP contribution in [0.15, 0.2) is 77.0 Å². The summed E-state index contributed by atoms with van der Waals surface area (Å²) < 4.78 is 5.79. The lowest BCUT2D eigenvalue weighted by atomic mass is 10.2. The minimum absolute atomic E-state index is 0.00715. The molecule has 0 spiro atoms. The Balaban J connectivity index is 1.49. The van der Waals surface area contributed by atoms with E-state index >= 15 is 0 Å². The van der Waals surface area contributed by atoms with Crippen molar-refractivity contribution in [2.24, 2.45) is 0 Å². The van der Waals surface area contributed by atoms with E-state index < -0.39 is 0 Å². The van der Waals surface area contributed by atoms with E-state index in [1.807, 2.05) is 83.3 Å². The van der Waals surface area contributed by atoms with E-state index in [9.17, 15) is 9.59 Å². The summed E-state index contributed by atoms with van der Waals surface area (Å²) in [5.41, 5.74) is 1.76. The lowest BCUT2D eigenvalue weighted by molar-refractivity contribution is -0.133. The Labute approximate surface area is 215 Å². The summed E-state index contributed by atoms with van der Waals surface area (Å²) in [5.74, 6) is -0.0897. The lowest BCUT2D eigenvalue weighted by Gasteiger charge is -2.29. The highest BCUT2D eigenvalue weighted by Gasteiger charge is 2.27. The van der Waals surface area contributed by atoms with Crippen LogP contribution in [0, 0.1) is 0 Å². The number of thiophene rings is 1. The predicted octanol–water partition coefficient (Wildman–Crippen LogP) is 5.71. The van der Waals surface area contributed by atoms with E-state index in [4.69, 9.17) is 4.74 Å². The van der Waals surface area contributed by atoms with Crippen LogP contribution in [0.25, 0.3) is 0 Å². The Hall–Kier alpha value is -2.81. The zero-order chi connectivity index (χ0) is 24.5. The number of nitrogens with zero attached hydrogens (tertiary/aromatic N) is 2. The third-order valence-corrected chi connectivity index (χ3v) is 7.50. The molecule has 2 heterocycles. The molecule has 0 aliphatic carbocycles. The van der Waals surface area contributed by atoms with Gasteiger partial charge in [-0.2, -0.15) is 0 Å².